The lowest BCUT2D eigenvalue weighted by Crippen LogP contribution is -2.33. The fourth-order valence-corrected chi connectivity index (χ4v) is 3.47. The van der Waals surface area contributed by atoms with Gasteiger partial charge in [0.05, 0.1) is 0 Å². The van der Waals surface area contributed by atoms with Crippen molar-refractivity contribution in [2.24, 2.45) is 11.3 Å². The molecule has 130 valence electrons. The summed E-state index contributed by atoms with van der Waals surface area (Å²) in [7, 11) is 3.94. The summed E-state index contributed by atoms with van der Waals surface area (Å²) in [6, 6.07) is 3.94. The van der Waals surface area contributed by atoms with Crippen LogP contribution >= 0.6 is 24.8 Å². The van der Waals surface area contributed by atoms with Gasteiger partial charge in [0.25, 0.3) is 0 Å². The Bertz CT molecular complexity index is 533. The van der Waals surface area contributed by atoms with E-state index in [9.17, 15) is 4.79 Å². The van der Waals surface area contributed by atoms with E-state index in [0.29, 0.717) is 12.0 Å². The third-order valence-corrected chi connectivity index (χ3v) is 4.85. The standard InChI is InChI=1S/C16H24N4O.2ClH/c1-20(2)14-12(4-3-7-18-14)11-19-15(21)13-10-16(13)5-8-17-9-6-16;;/h3-4,7,13,17H,5-6,8-11H2,1-2H3,(H,19,21);2*1H. The highest BCUT2D eigenvalue weighted by Crippen LogP contribution is 2.58. The summed E-state index contributed by atoms with van der Waals surface area (Å²) in [4.78, 5) is 18.7. The van der Waals surface area contributed by atoms with Crippen LogP contribution in [0.3, 0.4) is 0 Å². The monoisotopic (exact) mass is 360 g/mol. The Morgan fingerprint density at radius 2 is 2.09 bits per heavy atom. The molecule has 23 heavy (non-hydrogen) atoms. The third-order valence-electron chi connectivity index (χ3n) is 4.85. The predicted octanol–water partition coefficient (Wildman–Crippen LogP) is 2.00. The number of aromatic nitrogens is 1. The first-order valence-electron chi connectivity index (χ1n) is 7.72. The molecular formula is C16H26Cl2N4O. The van der Waals surface area contributed by atoms with Crippen molar-refractivity contribution in [3.8, 4) is 0 Å². The molecule has 1 aliphatic heterocycles. The molecule has 1 saturated heterocycles. The van der Waals surface area contributed by atoms with Gasteiger partial charge in [-0.3, -0.25) is 4.79 Å². The number of carbonyl (C=O) groups excluding carboxylic acids is 1. The van der Waals surface area contributed by atoms with Crippen LogP contribution < -0.4 is 15.5 Å². The number of halogens is 2. The minimum Gasteiger partial charge on any atom is -0.362 e. The van der Waals surface area contributed by atoms with Crippen molar-refractivity contribution in [1.29, 1.82) is 0 Å². The molecule has 0 bridgehead atoms. The minimum absolute atomic E-state index is 0. The Morgan fingerprint density at radius 3 is 2.74 bits per heavy atom. The maximum Gasteiger partial charge on any atom is 0.223 e. The highest BCUT2D eigenvalue weighted by atomic mass is 35.5. The lowest BCUT2D eigenvalue weighted by atomic mass is 9.92. The molecule has 5 nitrogen and oxygen atoms in total. The van der Waals surface area contributed by atoms with Gasteiger partial charge in [0.15, 0.2) is 0 Å². The second-order valence-electron chi connectivity index (χ2n) is 6.47. The number of piperidine rings is 1. The van der Waals surface area contributed by atoms with Gasteiger partial charge in [-0.1, -0.05) is 6.07 Å². The van der Waals surface area contributed by atoms with Gasteiger partial charge < -0.3 is 15.5 Å². The molecule has 1 aromatic heterocycles. The van der Waals surface area contributed by atoms with E-state index >= 15 is 0 Å². The third kappa shape index (κ3) is 4.28. The van der Waals surface area contributed by atoms with Crippen LogP contribution in [0.5, 0.6) is 0 Å². The number of pyridine rings is 1. The van der Waals surface area contributed by atoms with Crippen LogP contribution in [-0.4, -0.2) is 38.1 Å². The number of amides is 1. The van der Waals surface area contributed by atoms with Crippen molar-refractivity contribution in [3.63, 3.8) is 0 Å². The Kier molecular flexibility index (Phi) is 7.11. The maximum atomic E-state index is 12.4. The highest BCUT2D eigenvalue weighted by Gasteiger charge is 2.57. The molecule has 1 atom stereocenters. The van der Waals surface area contributed by atoms with E-state index < -0.39 is 0 Å². The zero-order chi connectivity index (χ0) is 14.9. The van der Waals surface area contributed by atoms with E-state index in [4.69, 9.17) is 0 Å². The normalized spacial score (nSPS) is 20.9. The number of hydrogen-bond donors (Lipinski definition) is 2. The predicted molar refractivity (Wildman–Crippen MR) is 97.6 cm³/mol. The average molecular weight is 361 g/mol. The van der Waals surface area contributed by atoms with Crippen LogP contribution in [0.25, 0.3) is 0 Å². The van der Waals surface area contributed by atoms with Crippen molar-refractivity contribution in [3.05, 3.63) is 23.9 Å². The molecule has 7 heteroatoms. The second kappa shape index (κ2) is 8.18. The van der Waals surface area contributed by atoms with Gasteiger partial charge in [-0.05, 0) is 43.8 Å². The van der Waals surface area contributed by atoms with Gasteiger partial charge in [0.1, 0.15) is 5.82 Å². The van der Waals surface area contributed by atoms with Crippen LogP contribution in [-0.2, 0) is 11.3 Å². The van der Waals surface area contributed by atoms with E-state index in [-0.39, 0.29) is 36.6 Å². The van der Waals surface area contributed by atoms with Gasteiger partial charge >= 0.3 is 0 Å². The van der Waals surface area contributed by atoms with E-state index in [2.05, 4.69) is 15.6 Å². The van der Waals surface area contributed by atoms with Crippen LogP contribution in [0.4, 0.5) is 5.82 Å². The summed E-state index contributed by atoms with van der Waals surface area (Å²) >= 11 is 0. The van der Waals surface area contributed by atoms with Crippen molar-refractivity contribution in [2.45, 2.75) is 25.8 Å². The molecule has 1 aliphatic carbocycles. The molecule has 1 spiro atoms. The smallest absolute Gasteiger partial charge is 0.223 e. The Morgan fingerprint density at radius 1 is 1.39 bits per heavy atom. The molecule has 1 aromatic rings. The van der Waals surface area contributed by atoms with Gasteiger partial charge in [-0.2, -0.15) is 0 Å². The van der Waals surface area contributed by atoms with Crippen molar-refractivity contribution in [2.75, 3.05) is 32.1 Å². The molecule has 0 aromatic carbocycles. The molecule has 2 aliphatic rings. The number of rotatable bonds is 4. The van der Waals surface area contributed by atoms with Gasteiger partial charge in [0.2, 0.25) is 5.91 Å². The first-order valence-corrected chi connectivity index (χ1v) is 7.72. The van der Waals surface area contributed by atoms with Gasteiger partial charge in [-0.15, -0.1) is 24.8 Å². The second-order valence-corrected chi connectivity index (χ2v) is 6.47. The van der Waals surface area contributed by atoms with Gasteiger partial charge in [-0.25, -0.2) is 4.98 Å². The van der Waals surface area contributed by atoms with E-state index in [1.807, 2.05) is 31.1 Å². The van der Waals surface area contributed by atoms with E-state index in [0.717, 1.165) is 43.7 Å². The number of nitrogens with one attached hydrogen (secondary N) is 2. The number of anilines is 1. The quantitative estimate of drug-likeness (QED) is 0.861. The first kappa shape index (κ1) is 20.0. The zero-order valence-electron chi connectivity index (χ0n) is 13.7. The topological polar surface area (TPSA) is 57.3 Å². The fraction of sp³-hybridized carbons (Fsp3) is 0.625. The van der Waals surface area contributed by atoms with Gasteiger partial charge in [0, 0.05) is 38.3 Å². The highest BCUT2D eigenvalue weighted by molar-refractivity contribution is 5.85. The van der Waals surface area contributed by atoms with E-state index in [1.54, 1.807) is 6.20 Å². The minimum atomic E-state index is 0. The number of carbonyl (C=O) groups is 1. The molecule has 1 saturated carbocycles. The summed E-state index contributed by atoms with van der Waals surface area (Å²) < 4.78 is 0. The summed E-state index contributed by atoms with van der Waals surface area (Å²) in [5, 5.41) is 6.47. The number of nitrogens with zero attached hydrogens (tertiary/aromatic N) is 2. The van der Waals surface area contributed by atoms with Crippen LogP contribution in [0.1, 0.15) is 24.8 Å². The first-order chi connectivity index (χ1) is 10.1. The molecule has 2 N–H and O–H groups in total. The maximum absolute atomic E-state index is 12.4. The lowest BCUT2D eigenvalue weighted by molar-refractivity contribution is -0.123. The van der Waals surface area contributed by atoms with Crippen molar-refractivity contribution < 1.29 is 4.79 Å². The molecule has 1 unspecified atom stereocenters. The average Bonchev–Trinajstić information content (AvgIpc) is 3.19. The molecule has 1 amide bonds. The van der Waals surface area contributed by atoms with Crippen LogP contribution in [0.15, 0.2) is 18.3 Å². The molecule has 2 heterocycles. The zero-order valence-corrected chi connectivity index (χ0v) is 15.3. The molecule has 3 rings (SSSR count). The fourth-order valence-electron chi connectivity index (χ4n) is 3.47. The molecule has 0 radical (unpaired) electrons. The van der Waals surface area contributed by atoms with E-state index in [1.165, 1.54) is 0 Å². The van der Waals surface area contributed by atoms with Crippen molar-refractivity contribution >= 4 is 36.5 Å². The summed E-state index contributed by atoms with van der Waals surface area (Å²) in [6.45, 7) is 2.67. The largest absolute Gasteiger partial charge is 0.362 e. The van der Waals surface area contributed by atoms with Crippen LogP contribution in [0, 0.1) is 11.3 Å². The van der Waals surface area contributed by atoms with Crippen LogP contribution in [0.2, 0.25) is 0 Å². The Hall–Kier alpha value is -1.04. The molecule has 2 fully saturated rings. The van der Waals surface area contributed by atoms with Crippen molar-refractivity contribution in [1.82, 2.24) is 15.6 Å². The summed E-state index contributed by atoms with van der Waals surface area (Å²) in [5.74, 6) is 1.36. The summed E-state index contributed by atoms with van der Waals surface area (Å²) in [5.41, 5.74) is 1.37. The summed E-state index contributed by atoms with van der Waals surface area (Å²) in [6.07, 6.45) is 5.13. The number of hydrogen-bond acceptors (Lipinski definition) is 4. The Balaban J connectivity index is 0.00000132. The lowest BCUT2D eigenvalue weighted by Gasteiger charge is -2.23. The SMILES string of the molecule is CN(C)c1ncccc1CNC(=O)C1CC12CCNCC2.Cl.Cl. The molecular weight excluding hydrogens is 335 g/mol. The Labute approximate surface area is 150 Å².